The molecule has 7 nitrogen and oxygen atoms in total. The minimum Gasteiger partial charge on any atom is -0.377 e. The zero-order valence-corrected chi connectivity index (χ0v) is 9.79. The Balaban J connectivity index is 2.04. The van der Waals surface area contributed by atoms with Crippen molar-refractivity contribution in [2.24, 2.45) is 0 Å². The van der Waals surface area contributed by atoms with Gasteiger partial charge in [-0.05, 0) is 10.4 Å². The fourth-order valence-electron chi connectivity index (χ4n) is 1.94. The first-order valence-electron chi connectivity index (χ1n) is 5.32. The van der Waals surface area contributed by atoms with Gasteiger partial charge in [-0.3, -0.25) is 4.98 Å². The van der Waals surface area contributed by atoms with E-state index in [-0.39, 0.29) is 6.04 Å². The van der Waals surface area contributed by atoms with Gasteiger partial charge < -0.3 is 9.64 Å². The van der Waals surface area contributed by atoms with Gasteiger partial charge in [0.25, 0.3) is 0 Å². The van der Waals surface area contributed by atoms with Crippen LogP contribution < -0.4 is 4.90 Å². The first kappa shape index (κ1) is 10.7. The maximum atomic E-state index is 5.95. The predicted octanol–water partition coefficient (Wildman–Crippen LogP) is -0.0367. The fraction of sp³-hybridized carbons (Fsp3) is 0.556. The number of anilines is 1. The van der Waals surface area contributed by atoms with Gasteiger partial charge in [0.15, 0.2) is 11.5 Å². The molecule has 1 fully saturated rings. The number of tetrazole rings is 1. The molecule has 1 aliphatic rings. The zero-order chi connectivity index (χ0) is 11.7. The van der Waals surface area contributed by atoms with Crippen LogP contribution in [0.5, 0.6) is 0 Å². The van der Waals surface area contributed by atoms with Crippen LogP contribution >= 0.6 is 11.6 Å². The molecule has 0 saturated carbocycles. The molecule has 0 bridgehead atoms. The Hall–Kier alpha value is -1.47. The summed E-state index contributed by atoms with van der Waals surface area (Å²) in [7, 11) is 0. The summed E-state index contributed by atoms with van der Waals surface area (Å²) in [6, 6.07) is 0.127. The van der Waals surface area contributed by atoms with Crippen molar-refractivity contribution in [3.05, 3.63) is 12.4 Å². The fourth-order valence-corrected chi connectivity index (χ4v) is 2.20. The highest BCUT2D eigenvalue weighted by atomic mass is 35.5. The standard InChI is InChI=1S/C9H11ClN6O/c10-3-7-6-17-2-1-15(7)9-5-11-4-8-12-13-14-16(8)9/h4-5,7H,1-3,6H2. The van der Waals surface area contributed by atoms with Crippen molar-refractivity contribution in [2.75, 3.05) is 30.5 Å². The molecular formula is C9H11ClN6O. The molecule has 2 aromatic rings. The Kier molecular flexibility index (Phi) is 2.77. The molecular weight excluding hydrogens is 244 g/mol. The highest BCUT2D eigenvalue weighted by molar-refractivity contribution is 6.18. The van der Waals surface area contributed by atoms with E-state index < -0.39 is 0 Å². The summed E-state index contributed by atoms with van der Waals surface area (Å²) < 4.78 is 7.08. The maximum Gasteiger partial charge on any atom is 0.199 e. The number of fused-ring (bicyclic) bond motifs is 1. The van der Waals surface area contributed by atoms with Crippen molar-refractivity contribution in [1.82, 2.24) is 25.0 Å². The smallest absolute Gasteiger partial charge is 0.199 e. The number of alkyl halides is 1. The second kappa shape index (κ2) is 4.42. The van der Waals surface area contributed by atoms with Crippen LogP contribution in [-0.4, -0.2) is 56.7 Å². The number of ether oxygens (including phenoxy) is 1. The molecule has 90 valence electrons. The van der Waals surface area contributed by atoms with Gasteiger partial charge in [0.2, 0.25) is 0 Å². The molecule has 8 heteroatoms. The lowest BCUT2D eigenvalue weighted by atomic mass is 10.2. The minimum atomic E-state index is 0.127. The van der Waals surface area contributed by atoms with E-state index in [2.05, 4.69) is 25.4 Å². The lowest BCUT2D eigenvalue weighted by Gasteiger charge is -2.35. The third kappa shape index (κ3) is 1.81. The van der Waals surface area contributed by atoms with Crippen LogP contribution in [0.2, 0.25) is 0 Å². The molecule has 17 heavy (non-hydrogen) atoms. The van der Waals surface area contributed by atoms with Crippen molar-refractivity contribution in [3.63, 3.8) is 0 Å². The van der Waals surface area contributed by atoms with Crippen molar-refractivity contribution < 1.29 is 4.74 Å². The number of hydrogen-bond acceptors (Lipinski definition) is 6. The summed E-state index contributed by atoms with van der Waals surface area (Å²) in [4.78, 5) is 6.27. The van der Waals surface area contributed by atoms with E-state index in [1.807, 2.05) is 0 Å². The Labute approximate surface area is 102 Å². The number of hydrogen-bond donors (Lipinski definition) is 0. The van der Waals surface area contributed by atoms with Crippen molar-refractivity contribution >= 4 is 23.1 Å². The Morgan fingerprint density at radius 3 is 3.29 bits per heavy atom. The van der Waals surface area contributed by atoms with Crippen molar-refractivity contribution in [1.29, 1.82) is 0 Å². The summed E-state index contributed by atoms with van der Waals surface area (Å²) >= 11 is 5.95. The van der Waals surface area contributed by atoms with Crippen LogP contribution in [0.4, 0.5) is 5.82 Å². The molecule has 3 rings (SSSR count). The van der Waals surface area contributed by atoms with Crippen LogP contribution in [0.15, 0.2) is 12.4 Å². The third-order valence-electron chi connectivity index (χ3n) is 2.79. The van der Waals surface area contributed by atoms with E-state index in [9.17, 15) is 0 Å². The van der Waals surface area contributed by atoms with Crippen LogP contribution in [0, 0.1) is 0 Å². The van der Waals surface area contributed by atoms with Crippen molar-refractivity contribution in [3.8, 4) is 0 Å². The molecule has 1 unspecified atom stereocenters. The Bertz CT molecular complexity index is 517. The SMILES string of the molecule is ClCC1COCCN1c1cncc2nnnn12. The molecule has 1 aliphatic heterocycles. The van der Waals surface area contributed by atoms with E-state index in [4.69, 9.17) is 16.3 Å². The first-order chi connectivity index (χ1) is 8.40. The van der Waals surface area contributed by atoms with Gasteiger partial charge in [0.05, 0.1) is 31.6 Å². The average Bonchev–Trinajstić information content (AvgIpc) is 2.86. The average molecular weight is 255 g/mol. The van der Waals surface area contributed by atoms with E-state index in [0.717, 1.165) is 12.4 Å². The molecule has 0 spiro atoms. The monoisotopic (exact) mass is 254 g/mol. The number of aromatic nitrogens is 5. The molecule has 0 aromatic carbocycles. The zero-order valence-electron chi connectivity index (χ0n) is 9.03. The maximum absolute atomic E-state index is 5.95. The van der Waals surface area contributed by atoms with E-state index in [1.165, 1.54) is 0 Å². The van der Waals surface area contributed by atoms with Gasteiger partial charge in [-0.25, -0.2) is 0 Å². The highest BCUT2D eigenvalue weighted by Crippen LogP contribution is 2.19. The second-order valence-electron chi connectivity index (χ2n) is 3.79. The van der Waals surface area contributed by atoms with Gasteiger partial charge in [-0.15, -0.1) is 16.7 Å². The van der Waals surface area contributed by atoms with E-state index >= 15 is 0 Å². The van der Waals surface area contributed by atoms with E-state index in [0.29, 0.717) is 24.7 Å². The summed E-state index contributed by atoms with van der Waals surface area (Å²) in [5, 5.41) is 11.5. The normalized spacial score (nSPS) is 21.0. The van der Waals surface area contributed by atoms with Crippen LogP contribution in [0.25, 0.3) is 5.65 Å². The lowest BCUT2D eigenvalue weighted by Crippen LogP contribution is -2.47. The van der Waals surface area contributed by atoms with Gasteiger partial charge in [0, 0.05) is 12.4 Å². The van der Waals surface area contributed by atoms with Gasteiger partial charge >= 0.3 is 0 Å². The second-order valence-corrected chi connectivity index (χ2v) is 4.10. The Morgan fingerprint density at radius 1 is 1.47 bits per heavy atom. The lowest BCUT2D eigenvalue weighted by molar-refractivity contribution is 0.0991. The number of nitrogens with zero attached hydrogens (tertiary/aromatic N) is 6. The summed E-state index contributed by atoms with van der Waals surface area (Å²) in [6.45, 7) is 2.05. The quantitative estimate of drug-likeness (QED) is 0.701. The summed E-state index contributed by atoms with van der Waals surface area (Å²) in [5.41, 5.74) is 0.627. The highest BCUT2D eigenvalue weighted by Gasteiger charge is 2.25. The molecule has 1 saturated heterocycles. The predicted molar refractivity (Wildman–Crippen MR) is 61.3 cm³/mol. The van der Waals surface area contributed by atoms with Crippen molar-refractivity contribution in [2.45, 2.75) is 6.04 Å². The van der Waals surface area contributed by atoms with Gasteiger partial charge in [0.1, 0.15) is 0 Å². The molecule has 0 radical (unpaired) electrons. The topological polar surface area (TPSA) is 68.4 Å². The van der Waals surface area contributed by atoms with Gasteiger partial charge in [-0.2, -0.15) is 4.52 Å². The van der Waals surface area contributed by atoms with Gasteiger partial charge in [-0.1, -0.05) is 0 Å². The first-order valence-corrected chi connectivity index (χ1v) is 5.86. The minimum absolute atomic E-state index is 0.127. The largest absolute Gasteiger partial charge is 0.377 e. The molecule has 3 heterocycles. The van der Waals surface area contributed by atoms with Crippen LogP contribution in [0.1, 0.15) is 0 Å². The molecule has 1 atom stereocenters. The number of halogens is 1. The molecule has 0 N–H and O–H groups in total. The molecule has 0 aliphatic carbocycles. The summed E-state index contributed by atoms with van der Waals surface area (Å²) in [5.74, 6) is 1.35. The Morgan fingerprint density at radius 2 is 2.41 bits per heavy atom. The van der Waals surface area contributed by atoms with Crippen LogP contribution in [-0.2, 0) is 4.74 Å². The molecule has 0 amide bonds. The number of morpholine rings is 1. The number of rotatable bonds is 2. The molecule has 2 aromatic heterocycles. The van der Waals surface area contributed by atoms with E-state index in [1.54, 1.807) is 16.9 Å². The third-order valence-corrected chi connectivity index (χ3v) is 3.15. The van der Waals surface area contributed by atoms with Crippen LogP contribution in [0.3, 0.4) is 0 Å². The summed E-state index contributed by atoms with van der Waals surface area (Å²) in [6.07, 6.45) is 3.37.